The summed E-state index contributed by atoms with van der Waals surface area (Å²) in [5.74, 6) is 1.64. The minimum absolute atomic E-state index is 0.403. The van der Waals surface area contributed by atoms with Gasteiger partial charge in [-0.15, -0.1) is 0 Å². The van der Waals surface area contributed by atoms with E-state index in [0.717, 1.165) is 81.5 Å². The number of likely N-dealkylation sites (N-methyl/N-ethyl adjacent to an activating group) is 1. The summed E-state index contributed by atoms with van der Waals surface area (Å²) in [4.78, 5) is 16.8. The molecule has 0 atom stereocenters. The van der Waals surface area contributed by atoms with E-state index < -0.39 is 0 Å². The third-order valence-corrected chi connectivity index (χ3v) is 6.26. The SMILES string of the molecule is CN1CCN(c2nc(NC3CCN(Cc4ccccc4)CC3)c3occc3n2)CC1. The van der Waals surface area contributed by atoms with Crippen molar-refractivity contribution < 1.29 is 4.42 Å². The Hall–Kier alpha value is -2.64. The molecule has 2 saturated heterocycles. The van der Waals surface area contributed by atoms with Gasteiger partial charge in [-0.1, -0.05) is 30.3 Å². The fourth-order valence-electron chi connectivity index (χ4n) is 4.37. The van der Waals surface area contributed by atoms with Crippen molar-refractivity contribution in [3.63, 3.8) is 0 Å². The molecule has 158 valence electrons. The molecule has 3 aromatic rings. The summed E-state index contributed by atoms with van der Waals surface area (Å²) >= 11 is 0. The third-order valence-electron chi connectivity index (χ3n) is 6.26. The molecule has 4 heterocycles. The molecular weight excluding hydrogens is 376 g/mol. The van der Waals surface area contributed by atoms with Crippen LogP contribution in [0.15, 0.2) is 47.1 Å². The van der Waals surface area contributed by atoms with Gasteiger partial charge in [0.2, 0.25) is 5.95 Å². The van der Waals surface area contributed by atoms with Crippen LogP contribution in [-0.2, 0) is 6.54 Å². The summed E-state index contributed by atoms with van der Waals surface area (Å²) in [5.41, 5.74) is 3.02. The van der Waals surface area contributed by atoms with Gasteiger partial charge in [-0.25, -0.2) is 4.98 Å². The summed E-state index contributed by atoms with van der Waals surface area (Å²) in [7, 11) is 2.16. The van der Waals surface area contributed by atoms with Crippen molar-refractivity contribution >= 4 is 22.9 Å². The zero-order valence-electron chi connectivity index (χ0n) is 17.6. The van der Waals surface area contributed by atoms with Crippen LogP contribution < -0.4 is 10.2 Å². The van der Waals surface area contributed by atoms with Gasteiger partial charge in [0.1, 0.15) is 5.52 Å². The lowest BCUT2D eigenvalue weighted by Gasteiger charge is -2.34. The van der Waals surface area contributed by atoms with E-state index in [1.165, 1.54) is 5.56 Å². The number of rotatable bonds is 5. The van der Waals surface area contributed by atoms with Gasteiger partial charge in [-0.05, 0) is 25.5 Å². The lowest BCUT2D eigenvalue weighted by molar-refractivity contribution is 0.211. The highest BCUT2D eigenvalue weighted by molar-refractivity contribution is 5.84. The van der Waals surface area contributed by atoms with E-state index in [9.17, 15) is 0 Å². The number of piperidine rings is 1. The molecule has 2 aliphatic heterocycles. The highest BCUT2D eigenvalue weighted by atomic mass is 16.3. The summed E-state index contributed by atoms with van der Waals surface area (Å²) in [6, 6.07) is 13.1. The minimum Gasteiger partial charge on any atom is -0.459 e. The van der Waals surface area contributed by atoms with E-state index >= 15 is 0 Å². The second kappa shape index (κ2) is 8.62. The monoisotopic (exact) mass is 406 g/mol. The van der Waals surface area contributed by atoms with Crippen LogP contribution in [0.3, 0.4) is 0 Å². The topological polar surface area (TPSA) is 60.7 Å². The summed E-state index contributed by atoms with van der Waals surface area (Å²) in [6.07, 6.45) is 3.91. The van der Waals surface area contributed by atoms with Gasteiger partial charge in [-0.2, -0.15) is 4.98 Å². The Morgan fingerprint density at radius 2 is 1.73 bits per heavy atom. The average Bonchev–Trinajstić information content (AvgIpc) is 3.25. The molecule has 30 heavy (non-hydrogen) atoms. The standard InChI is InChI=1S/C23H30N6O/c1-27-12-14-29(15-13-27)23-25-20-9-16-30-21(20)22(26-23)24-19-7-10-28(11-8-19)17-18-5-3-2-4-6-18/h2-6,9,16,19H,7-8,10-15,17H2,1H3,(H,24,25,26). The summed E-state index contributed by atoms with van der Waals surface area (Å²) < 4.78 is 5.73. The maximum absolute atomic E-state index is 5.73. The number of aromatic nitrogens is 2. The van der Waals surface area contributed by atoms with E-state index in [2.05, 4.69) is 57.4 Å². The van der Waals surface area contributed by atoms with Crippen LogP contribution in [0.4, 0.5) is 11.8 Å². The number of anilines is 2. The van der Waals surface area contributed by atoms with Crippen molar-refractivity contribution in [2.75, 3.05) is 56.5 Å². The molecule has 2 aliphatic rings. The molecule has 7 heteroatoms. The van der Waals surface area contributed by atoms with Crippen LogP contribution in [0.5, 0.6) is 0 Å². The van der Waals surface area contributed by atoms with Crippen LogP contribution in [0.2, 0.25) is 0 Å². The predicted molar refractivity (Wildman–Crippen MR) is 120 cm³/mol. The first-order valence-electron chi connectivity index (χ1n) is 11.0. The van der Waals surface area contributed by atoms with Crippen LogP contribution in [0.25, 0.3) is 11.1 Å². The maximum Gasteiger partial charge on any atom is 0.228 e. The van der Waals surface area contributed by atoms with Crippen LogP contribution >= 0.6 is 0 Å². The van der Waals surface area contributed by atoms with Gasteiger partial charge in [-0.3, -0.25) is 4.90 Å². The number of piperazine rings is 1. The molecule has 2 fully saturated rings. The van der Waals surface area contributed by atoms with Crippen molar-refractivity contribution in [1.29, 1.82) is 0 Å². The number of hydrogen-bond acceptors (Lipinski definition) is 7. The zero-order chi connectivity index (χ0) is 20.3. The highest BCUT2D eigenvalue weighted by Crippen LogP contribution is 2.27. The van der Waals surface area contributed by atoms with Crippen LogP contribution in [0, 0.1) is 0 Å². The molecule has 2 aromatic heterocycles. The van der Waals surface area contributed by atoms with Gasteiger partial charge in [0.05, 0.1) is 6.26 Å². The van der Waals surface area contributed by atoms with E-state index in [4.69, 9.17) is 14.4 Å². The lowest BCUT2D eigenvalue weighted by atomic mass is 10.0. The van der Waals surface area contributed by atoms with Crippen molar-refractivity contribution in [3.8, 4) is 0 Å². The minimum atomic E-state index is 0.403. The lowest BCUT2D eigenvalue weighted by Crippen LogP contribution is -2.45. The van der Waals surface area contributed by atoms with Gasteiger partial charge in [0, 0.05) is 57.9 Å². The first-order chi connectivity index (χ1) is 14.7. The molecule has 5 rings (SSSR count). The summed E-state index contributed by atoms with van der Waals surface area (Å²) in [5, 5.41) is 3.67. The van der Waals surface area contributed by atoms with E-state index in [-0.39, 0.29) is 0 Å². The number of hydrogen-bond donors (Lipinski definition) is 1. The number of likely N-dealkylation sites (tertiary alicyclic amines) is 1. The molecule has 0 unspecified atom stereocenters. The summed E-state index contributed by atoms with van der Waals surface area (Å²) in [6.45, 7) is 7.19. The first kappa shape index (κ1) is 19.3. The third kappa shape index (κ3) is 4.27. The van der Waals surface area contributed by atoms with Gasteiger partial charge in [0.25, 0.3) is 0 Å². The molecule has 1 N–H and O–H groups in total. The second-order valence-corrected chi connectivity index (χ2v) is 8.48. The molecule has 0 radical (unpaired) electrons. The fourth-order valence-corrected chi connectivity index (χ4v) is 4.37. The Balaban J connectivity index is 1.26. The average molecular weight is 407 g/mol. The van der Waals surface area contributed by atoms with Crippen molar-refractivity contribution in [2.45, 2.75) is 25.4 Å². The molecule has 0 bridgehead atoms. The molecule has 0 spiro atoms. The Bertz CT molecular complexity index is 958. The van der Waals surface area contributed by atoms with Gasteiger partial charge in [0.15, 0.2) is 11.4 Å². The fraction of sp³-hybridized carbons (Fsp3) is 0.478. The quantitative estimate of drug-likeness (QED) is 0.699. The van der Waals surface area contributed by atoms with E-state index in [1.54, 1.807) is 6.26 Å². The van der Waals surface area contributed by atoms with Crippen LogP contribution in [-0.4, -0.2) is 72.1 Å². The normalized spacial score (nSPS) is 19.4. The first-order valence-corrected chi connectivity index (χ1v) is 11.0. The Labute approximate surface area is 177 Å². The van der Waals surface area contributed by atoms with Crippen molar-refractivity contribution in [3.05, 3.63) is 48.2 Å². The second-order valence-electron chi connectivity index (χ2n) is 8.48. The maximum atomic E-state index is 5.73. The van der Waals surface area contributed by atoms with Crippen molar-refractivity contribution in [2.24, 2.45) is 0 Å². The number of nitrogens with zero attached hydrogens (tertiary/aromatic N) is 5. The predicted octanol–water partition coefficient (Wildman–Crippen LogP) is 3.05. The zero-order valence-corrected chi connectivity index (χ0v) is 17.6. The Morgan fingerprint density at radius 3 is 2.50 bits per heavy atom. The molecule has 7 nitrogen and oxygen atoms in total. The molecule has 1 aromatic carbocycles. The Kier molecular flexibility index (Phi) is 5.55. The number of furan rings is 1. The number of fused-ring (bicyclic) bond motifs is 1. The highest BCUT2D eigenvalue weighted by Gasteiger charge is 2.23. The number of nitrogens with one attached hydrogen (secondary N) is 1. The molecule has 0 aliphatic carbocycles. The number of benzene rings is 1. The van der Waals surface area contributed by atoms with E-state index in [1.807, 2.05) is 6.07 Å². The van der Waals surface area contributed by atoms with Crippen molar-refractivity contribution in [1.82, 2.24) is 19.8 Å². The molecular formula is C23H30N6O. The molecule has 0 saturated carbocycles. The molecule has 0 amide bonds. The van der Waals surface area contributed by atoms with Crippen LogP contribution in [0.1, 0.15) is 18.4 Å². The van der Waals surface area contributed by atoms with Gasteiger partial charge < -0.3 is 19.5 Å². The smallest absolute Gasteiger partial charge is 0.228 e. The largest absolute Gasteiger partial charge is 0.459 e. The van der Waals surface area contributed by atoms with Gasteiger partial charge >= 0.3 is 0 Å². The Morgan fingerprint density at radius 1 is 0.967 bits per heavy atom. The van der Waals surface area contributed by atoms with E-state index in [0.29, 0.717) is 6.04 Å².